The van der Waals surface area contributed by atoms with E-state index in [1.165, 1.54) is 12.1 Å². The van der Waals surface area contributed by atoms with Gasteiger partial charge in [0, 0.05) is 23.2 Å². The van der Waals surface area contributed by atoms with Gasteiger partial charge in [-0.05, 0) is 44.0 Å². The normalized spacial score (nSPS) is 13.0. The largest absolute Gasteiger partial charge is 0.296 e. The Morgan fingerprint density at radius 3 is 2.64 bits per heavy atom. The minimum atomic E-state index is -0.229. The molecule has 0 radical (unpaired) electrons. The molecule has 3 nitrogen and oxygen atoms in total. The second-order valence-electron chi connectivity index (χ2n) is 5.43. The van der Waals surface area contributed by atoms with Gasteiger partial charge in [-0.25, -0.2) is 9.07 Å². The molecule has 0 aliphatic carbocycles. The summed E-state index contributed by atoms with van der Waals surface area (Å²) >= 11 is 1.57. The molecular weight excluding hydrogens is 297 g/mol. The Morgan fingerprint density at radius 1 is 1.36 bits per heavy atom. The standard InChI is InChI=1S/C17H22FN3S/c1-5-19-17-21(20-13(4)10-12(2)3)16(11-22-17)14-6-8-15(18)9-7-14/h6-12,20H,5H2,1-4H3/b13-10+,19-17?. The van der Waals surface area contributed by atoms with Gasteiger partial charge in [0.1, 0.15) is 5.82 Å². The quantitative estimate of drug-likeness (QED) is 0.870. The van der Waals surface area contributed by atoms with Gasteiger partial charge in [0.05, 0.1) is 5.69 Å². The summed E-state index contributed by atoms with van der Waals surface area (Å²) in [5, 5.41) is 2.04. The highest BCUT2D eigenvalue weighted by molar-refractivity contribution is 7.07. The maximum absolute atomic E-state index is 13.1. The maximum atomic E-state index is 13.1. The SMILES string of the molecule is CCN=c1scc(-c2ccc(F)cc2)n1N/C(C)=C/C(C)C. The van der Waals surface area contributed by atoms with Crippen molar-refractivity contribution in [2.24, 2.45) is 10.9 Å². The van der Waals surface area contributed by atoms with E-state index in [0.29, 0.717) is 5.92 Å². The van der Waals surface area contributed by atoms with Gasteiger partial charge in [0.15, 0.2) is 0 Å². The molecule has 0 amide bonds. The fourth-order valence-electron chi connectivity index (χ4n) is 2.20. The molecule has 0 saturated heterocycles. The van der Waals surface area contributed by atoms with Crippen LogP contribution in [0.5, 0.6) is 0 Å². The lowest BCUT2D eigenvalue weighted by atomic mass is 10.2. The first-order valence-corrected chi connectivity index (χ1v) is 8.31. The summed E-state index contributed by atoms with van der Waals surface area (Å²) in [5.41, 5.74) is 6.39. The lowest BCUT2D eigenvalue weighted by Gasteiger charge is -2.13. The first-order chi connectivity index (χ1) is 10.5. The summed E-state index contributed by atoms with van der Waals surface area (Å²) in [5.74, 6) is 0.236. The van der Waals surface area contributed by atoms with Gasteiger partial charge in [0.25, 0.3) is 0 Å². The number of rotatable bonds is 5. The van der Waals surface area contributed by atoms with Gasteiger partial charge in [-0.15, -0.1) is 11.3 Å². The number of aromatic nitrogens is 1. The molecule has 118 valence electrons. The summed E-state index contributed by atoms with van der Waals surface area (Å²) in [6.07, 6.45) is 2.16. The topological polar surface area (TPSA) is 29.3 Å². The van der Waals surface area contributed by atoms with E-state index in [1.54, 1.807) is 23.5 Å². The van der Waals surface area contributed by atoms with Gasteiger partial charge in [-0.2, -0.15) is 0 Å². The average Bonchev–Trinajstić information content (AvgIpc) is 2.82. The number of halogens is 1. The fraction of sp³-hybridized carbons (Fsp3) is 0.353. The number of thiazole rings is 1. The van der Waals surface area contributed by atoms with E-state index in [0.717, 1.165) is 28.3 Å². The van der Waals surface area contributed by atoms with Crippen molar-refractivity contribution in [3.05, 3.63) is 52.0 Å². The van der Waals surface area contributed by atoms with Crippen molar-refractivity contribution >= 4 is 11.3 Å². The molecule has 5 heteroatoms. The van der Waals surface area contributed by atoms with E-state index >= 15 is 0 Å². The molecule has 1 N–H and O–H groups in total. The van der Waals surface area contributed by atoms with Crippen LogP contribution in [0.4, 0.5) is 4.39 Å². The van der Waals surface area contributed by atoms with Crippen LogP contribution in [0.15, 0.2) is 46.4 Å². The van der Waals surface area contributed by atoms with Crippen molar-refractivity contribution in [1.29, 1.82) is 0 Å². The van der Waals surface area contributed by atoms with E-state index in [2.05, 4.69) is 30.3 Å². The molecule has 0 aliphatic rings. The molecule has 0 spiro atoms. The number of benzene rings is 1. The summed E-state index contributed by atoms with van der Waals surface area (Å²) in [7, 11) is 0. The van der Waals surface area contributed by atoms with Crippen LogP contribution in [-0.4, -0.2) is 11.2 Å². The number of nitrogens with zero attached hydrogens (tertiary/aromatic N) is 2. The highest BCUT2D eigenvalue weighted by atomic mass is 32.1. The maximum Gasteiger partial charge on any atom is 0.204 e. The average molecular weight is 319 g/mol. The minimum absolute atomic E-state index is 0.229. The van der Waals surface area contributed by atoms with Crippen LogP contribution in [0.2, 0.25) is 0 Å². The fourth-order valence-corrected chi connectivity index (χ4v) is 3.11. The zero-order valence-corrected chi connectivity index (χ0v) is 14.2. The molecule has 0 bridgehead atoms. The Morgan fingerprint density at radius 2 is 2.05 bits per heavy atom. The smallest absolute Gasteiger partial charge is 0.204 e. The van der Waals surface area contributed by atoms with Crippen LogP contribution in [0.3, 0.4) is 0 Å². The summed E-state index contributed by atoms with van der Waals surface area (Å²) in [6.45, 7) is 9.05. The van der Waals surface area contributed by atoms with Crippen LogP contribution in [0, 0.1) is 11.7 Å². The van der Waals surface area contributed by atoms with Gasteiger partial charge in [-0.1, -0.05) is 19.9 Å². The van der Waals surface area contributed by atoms with E-state index in [9.17, 15) is 4.39 Å². The van der Waals surface area contributed by atoms with Crippen molar-refractivity contribution in [2.45, 2.75) is 27.7 Å². The van der Waals surface area contributed by atoms with Crippen molar-refractivity contribution in [2.75, 3.05) is 12.0 Å². The first kappa shape index (κ1) is 16.5. The van der Waals surface area contributed by atoms with Crippen molar-refractivity contribution < 1.29 is 4.39 Å². The Balaban J connectivity index is 2.47. The molecule has 2 rings (SSSR count). The molecule has 0 saturated carbocycles. The number of hydrogen-bond donors (Lipinski definition) is 1. The molecule has 1 heterocycles. The van der Waals surface area contributed by atoms with Crippen LogP contribution in [0.25, 0.3) is 11.3 Å². The van der Waals surface area contributed by atoms with Gasteiger partial charge in [-0.3, -0.25) is 10.4 Å². The zero-order chi connectivity index (χ0) is 16.1. The van der Waals surface area contributed by atoms with Crippen molar-refractivity contribution in [3.8, 4) is 11.3 Å². The lowest BCUT2D eigenvalue weighted by molar-refractivity contribution is 0.628. The molecule has 2 aromatic rings. The van der Waals surface area contributed by atoms with E-state index in [4.69, 9.17) is 0 Å². The zero-order valence-electron chi connectivity index (χ0n) is 13.4. The Kier molecular flexibility index (Phi) is 5.55. The van der Waals surface area contributed by atoms with E-state index in [1.807, 2.05) is 23.9 Å². The molecule has 1 aromatic heterocycles. The van der Waals surface area contributed by atoms with E-state index < -0.39 is 0 Å². The summed E-state index contributed by atoms with van der Waals surface area (Å²) in [6, 6.07) is 6.52. The third-order valence-corrected chi connectivity index (χ3v) is 3.88. The molecule has 1 aromatic carbocycles. The van der Waals surface area contributed by atoms with Crippen LogP contribution in [-0.2, 0) is 0 Å². The lowest BCUT2D eigenvalue weighted by Crippen LogP contribution is -2.25. The summed E-state index contributed by atoms with van der Waals surface area (Å²) < 4.78 is 15.1. The molecule has 0 atom stereocenters. The molecule has 0 fully saturated rings. The molecule has 22 heavy (non-hydrogen) atoms. The predicted octanol–water partition coefficient (Wildman–Crippen LogP) is 4.38. The summed E-state index contributed by atoms with van der Waals surface area (Å²) in [4.78, 5) is 5.42. The number of allylic oxidation sites excluding steroid dienone is 2. The Labute approximate surface area is 134 Å². The van der Waals surface area contributed by atoms with Crippen LogP contribution in [0.1, 0.15) is 27.7 Å². The van der Waals surface area contributed by atoms with Gasteiger partial charge in [0.2, 0.25) is 4.80 Å². The Hall–Kier alpha value is -1.88. The number of hydrogen-bond acceptors (Lipinski definition) is 3. The third-order valence-electron chi connectivity index (χ3n) is 3.01. The van der Waals surface area contributed by atoms with Gasteiger partial charge >= 0.3 is 0 Å². The second kappa shape index (κ2) is 7.40. The highest BCUT2D eigenvalue weighted by Crippen LogP contribution is 2.20. The highest BCUT2D eigenvalue weighted by Gasteiger charge is 2.08. The monoisotopic (exact) mass is 319 g/mol. The van der Waals surface area contributed by atoms with Crippen molar-refractivity contribution in [3.63, 3.8) is 0 Å². The number of nitrogens with one attached hydrogen (secondary N) is 1. The van der Waals surface area contributed by atoms with Gasteiger partial charge < -0.3 is 0 Å². The molecule has 0 unspecified atom stereocenters. The Bertz CT molecular complexity index is 708. The molecular formula is C17H22FN3S. The minimum Gasteiger partial charge on any atom is -0.296 e. The predicted molar refractivity (Wildman–Crippen MR) is 91.8 cm³/mol. The van der Waals surface area contributed by atoms with Crippen LogP contribution < -0.4 is 10.2 Å². The van der Waals surface area contributed by atoms with E-state index in [-0.39, 0.29) is 5.82 Å². The first-order valence-electron chi connectivity index (χ1n) is 7.43. The second-order valence-corrected chi connectivity index (χ2v) is 6.26. The third kappa shape index (κ3) is 4.07. The van der Waals surface area contributed by atoms with Crippen molar-refractivity contribution in [1.82, 2.24) is 4.68 Å². The van der Waals surface area contributed by atoms with Crippen LogP contribution >= 0.6 is 11.3 Å². The molecule has 0 aliphatic heterocycles.